The molecule has 2 atom stereocenters. The largest absolute Gasteiger partial charge is 0.393 e. The first-order valence-electron chi connectivity index (χ1n) is 7.50. The van der Waals surface area contributed by atoms with Crippen LogP contribution in [0.25, 0.3) is 0 Å². The minimum absolute atomic E-state index is 0. The zero-order valence-electron chi connectivity index (χ0n) is 12.9. The first-order chi connectivity index (χ1) is 9.73. The van der Waals surface area contributed by atoms with Crippen molar-refractivity contribution in [2.24, 2.45) is 17.1 Å². The number of amides is 1. The first kappa shape index (κ1) is 19.5. The number of alkyl halides is 3. The highest BCUT2D eigenvalue weighted by Gasteiger charge is 2.43. The fourth-order valence-corrected chi connectivity index (χ4v) is 3.19. The molecule has 2 aliphatic rings. The van der Waals surface area contributed by atoms with Crippen molar-refractivity contribution in [3.63, 3.8) is 0 Å². The molecular weight excluding hydrogens is 319 g/mol. The van der Waals surface area contributed by atoms with Gasteiger partial charge in [-0.15, -0.1) is 12.4 Å². The van der Waals surface area contributed by atoms with Crippen LogP contribution in [-0.4, -0.2) is 61.2 Å². The van der Waals surface area contributed by atoms with Gasteiger partial charge in [0.2, 0.25) is 5.91 Å². The van der Waals surface area contributed by atoms with Crippen LogP contribution in [0.1, 0.15) is 26.2 Å². The molecule has 2 saturated heterocycles. The number of hydrogen-bond donors (Lipinski definition) is 1. The van der Waals surface area contributed by atoms with Crippen LogP contribution in [-0.2, 0) is 4.79 Å². The number of halogens is 4. The lowest BCUT2D eigenvalue weighted by Gasteiger charge is -2.34. The first-order valence-corrected chi connectivity index (χ1v) is 7.50. The van der Waals surface area contributed by atoms with Crippen LogP contribution in [0.5, 0.6) is 0 Å². The number of piperidine rings is 1. The van der Waals surface area contributed by atoms with Gasteiger partial charge in [-0.1, -0.05) is 6.92 Å². The monoisotopic (exact) mass is 343 g/mol. The van der Waals surface area contributed by atoms with Gasteiger partial charge in [0.25, 0.3) is 0 Å². The predicted molar refractivity (Wildman–Crippen MR) is 80.8 cm³/mol. The molecule has 2 fully saturated rings. The molecule has 2 aliphatic heterocycles. The Morgan fingerprint density at radius 2 is 2.05 bits per heavy atom. The molecule has 8 heteroatoms. The lowest BCUT2D eigenvalue weighted by molar-refractivity contribution is -0.188. The zero-order valence-corrected chi connectivity index (χ0v) is 13.7. The van der Waals surface area contributed by atoms with Crippen molar-refractivity contribution in [1.82, 2.24) is 9.80 Å². The van der Waals surface area contributed by atoms with Crippen LogP contribution in [0.2, 0.25) is 0 Å². The number of likely N-dealkylation sites (tertiary alicyclic amines) is 2. The van der Waals surface area contributed by atoms with E-state index in [1.165, 1.54) is 4.90 Å². The topological polar surface area (TPSA) is 49.6 Å². The summed E-state index contributed by atoms with van der Waals surface area (Å²) in [4.78, 5) is 15.6. The molecule has 0 aliphatic carbocycles. The smallest absolute Gasteiger partial charge is 0.341 e. The number of carbonyl (C=O) groups is 1. The Kier molecular flexibility index (Phi) is 6.53. The Morgan fingerprint density at radius 1 is 1.36 bits per heavy atom. The standard InChI is InChI=1S/C14H24F3N3O.ClH/c1-13(9-18)4-6-19(10-13)8-12(21)20-5-2-3-11(7-20)14(15,16)17;/h11H,2-10,18H2,1H3;1H. The van der Waals surface area contributed by atoms with Crippen molar-refractivity contribution in [3.8, 4) is 0 Å². The Labute approximate surface area is 135 Å². The molecule has 0 bridgehead atoms. The maximum atomic E-state index is 12.8. The molecule has 4 nitrogen and oxygen atoms in total. The number of nitrogens with zero attached hydrogens (tertiary/aromatic N) is 2. The van der Waals surface area contributed by atoms with Crippen LogP contribution in [0.15, 0.2) is 0 Å². The molecule has 0 aromatic heterocycles. The van der Waals surface area contributed by atoms with Crippen molar-refractivity contribution >= 4 is 18.3 Å². The van der Waals surface area contributed by atoms with E-state index in [4.69, 9.17) is 5.73 Å². The van der Waals surface area contributed by atoms with Crippen LogP contribution in [0, 0.1) is 11.3 Å². The third-order valence-corrected chi connectivity index (χ3v) is 4.73. The van der Waals surface area contributed by atoms with E-state index < -0.39 is 12.1 Å². The van der Waals surface area contributed by atoms with E-state index in [9.17, 15) is 18.0 Å². The molecule has 2 heterocycles. The summed E-state index contributed by atoms with van der Waals surface area (Å²) in [5.41, 5.74) is 5.75. The summed E-state index contributed by atoms with van der Waals surface area (Å²) in [5.74, 6) is -1.56. The van der Waals surface area contributed by atoms with Gasteiger partial charge < -0.3 is 10.6 Å². The van der Waals surface area contributed by atoms with Gasteiger partial charge in [-0.2, -0.15) is 13.2 Å². The second-order valence-corrected chi connectivity index (χ2v) is 6.70. The van der Waals surface area contributed by atoms with Gasteiger partial charge in [0.15, 0.2) is 0 Å². The van der Waals surface area contributed by atoms with Gasteiger partial charge in [0.05, 0.1) is 12.5 Å². The average molecular weight is 344 g/mol. The van der Waals surface area contributed by atoms with Gasteiger partial charge in [-0.3, -0.25) is 9.69 Å². The predicted octanol–water partition coefficient (Wildman–Crippen LogP) is 1.88. The molecular formula is C14H25ClF3N3O. The summed E-state index contributed by atoms with van der Waals surface area (Å²) < 4.78 is 38.3. The SMILES string of the molecule is CC1(CN)CCN(CC(=O)N2CCCC(C(F)(F)F)C2)C1.Cl. The third kappa shape index (κ3) is 4.73. The highest BCUT2D eigenvalue weighted by molar-refractivity contribution is 5.85. The maximum Gasteiger partial charge on any atom is 0.393 e. The van der Waals surface area contributed by atoms with Crippen LogP contribution >= 0.6 is 12.4 Å². The number of rotatable bonds is 3. The Balaban J connectivity index is 0.00000242. The van der Waals surface area contributed by atoms with Crippen molar-refractivity contribution in [1.29, 1.82) is 0 Å². The highest BCUT2D eigenvalue weighted by Crippen LogP contribution is 2.33. The zero-order chi connectivity index (χ0) is 15.7. The molecule has 2 N–H and O–H groups in total. The summed E-state index contributed by atoms with van der Waals surface area (Å²) >= 11 is 0. The molecule has 22 heavy (non-hydrogen) atoms. The lowest BCUT2D eigenvalue weighted by atomic mass is 9.90. The van der Waals surface area contributed by atoms with E-state index in [1.54, 1.807) is 0 Å². The molecule has 130 valence electrons. The molecule has 0 aromatic carbocycles. The minimum Gasteiger partial charge on any atom is -0.341 e. The van der Waals surface area contributed by atoms with Gasteiger partial charge >= 0.3 is 6.18 Å². The van der Waals surface area contributed by atoms with Crippen LogP contribution < -0.4 is 5.73 Å². The van der Waals surface area contributed by atoms with Crippen molar-refractivity contribution in [2.45, 2.75) is 32.4 Å². The molecule has 0 radical (unpaired) electrons. The summed E-state index contributed by atoms with van der Waals surface area (Å²) in [5, 5.41) is 0. The van der Waals surface area contributed by atoms with Crippen LogP contribution in [0.3, 0.4) is 0 Å². The summed E-state index contributed by atoms with van der Waals surface area (Å²) in [6, 6.07) is 0. The fraction of sp³-hybridized carbons (Fsp3) is 0.929. The fourth-order valence-electron chi connectivity index (χ4n) is 3.19. The Bertz CT molecular complexity index is 394. The van der Waals surface area contributed by atoms with E-state index in [-0.39, 0.29) is 43.2 Å². The van der Waals surface area contributed by atoms with Gasteiger partial charge in [0.1, 0.15) is 0 Å². The Morgan fingerprint density at radius 3 is 2.59 bits per heavy atom. The second kappa shape index (κ2) is 7.36. The van der Waals surface area contributed by atoms with Crippen LogP contribution in [0.4, 0.5) is 13.2 Å². The normalized spacial score (nSPS) is 30.2. The molecule has 0 aromatic rings. The second-order valence-electron chi connectivity index (χ2n) is 6.70. The van der Waals surface area contributed by atoms with E-state index in [0.29, 0.717) is 19.5 Å². The van der Waals surface area contributed by atoms with E-state index in [2.05, 4.69) is 6.92 Å². The summed E-state index contributed by atoms with van der Waals surface area (Å²) in [6.07, 6.45) is -2.72. The number of hydrogen-bond acceptors (Lipinski definition) is 3. The quantitative estimate of drug-likeness (QED) is 0.851. The number of carbonyl (C=O) groups excluding carboxylic acids is 1. The highest BCUT2D eigenvalue weighted by atomic mass is 35.5. The average Bonchev–Trinajstić information content (AvgIpc) is 2.80. The molecule has 1 amide bonds. The van der Waals surface area contributed by atoms with E-state index in [1.807, 2.05) is 4.90 Å². The summed E-state index contributed by atoms with van der Waals surface area (Å²) in [6.45, 7) is 4.63. The van der Waals surface area contributed by atoms with Crippen molar-refractivity contribution < 1.29 is 18.0 Å². The third-order valence-electron chi connectivity index (χ3n) is 4.73. The minimum atomic E-state index is -4.20. The van der Waals surface area contributed by atoms with E-state index in [0.717, 1.165) is 19.5 Å². The van der Waals surface area contributed by atoms with Gasteiger partial charge in [0, 0.05) is 19.6 Å². The molecule has 0 saturated carbocycles. The van der Waals surface area contributed by atoms with E-state index >= 15 is 0 Å². The van der Waals surface area contributed by atoms with Crippen molar-refractivity contribution in [3.05, 3.63) is 0 Å². The summed E-state index contributed by atoms with van der Waals surface area (Å²) in [7, 11) is 0. The Hall–Kier alpha value is -0.530. The molecule has 0 spiro atoms. The molecule has 2 unspecified atom stereocenters. The maximum absolute atomic E-state index is 12.8. The van der Waals surface area contributed by atoms with Gasteiger partial charge in [-0.25, -0.2) is 0 Å². The van der Waals surface area contributed by atoms with Gasteiger partial charge in [-0.05, 0) is 37.8 Å². The van der Waals surface area contributed by atoms with Crippen molar-refractivity contribution in [2.75, 3.05) is 39.3 Å². The number of nitrogens with two attached hydrogens (primary N) is 1. The lowest BCUT2D eigenvalue weighted by Crippen LogP contribution is -2.48. The molecule has 2 rings (SSSR count).